The van der Waals surface area contributed by atoms with Crippen LogP contribution in [0.15, 0.2) is 34.1 Å². The predicted octanol–water partition coefficient (Wildman–Crippen LogP) is 2.36. The van der Waals surface area contributed by atoms with Gasteiger partial charge in [-0.05, 0) is 12.1 Å². The minimum Gasteiger partial charge on any atom is -0.240 e. The molecule has 0 saturated heterocycles. The third kappa shape index (κ3) is 3.60. The summed E-state index contributed by atoms with van der Waals surface area (Å²) in [5.41, 5.74) is 1.71. The van der Waals surface area contributed by atoms with E-state index in [1.165, 1.54) is 11.3 Å². The zero-order valence-corrected chi connectivity index (χ0v) is 11.8. The van der Waals surface area contributed by atoms with E-state index in [0.717, 1.165) is 15.7 Å². The molecule has 0 spiro atoms. The molecule has 0 unspecified atom stereocenters. The molecule has 90 valence electrons. The molecule has 7 heteroatoms. The Morgan fingerprint density at radius 2 is 1.94 bits per heavy atom. The summed E-state index contributed by atoms with van der Waals surface area (Å²) in [6.45, 7) is 0. The topological polar surface area (TPSA) is 73.1 Å². The van der Waals surface area contributed by atoms with E-state index in [9.17, 15) is 8.42 Å². The van der Waals surface area contributed by atoms with E-state index in [2.05, 4.69) is 20.9 Å². The van der Waals surface area contributed by atoms with Crippen LogP contribution in [0.25, 0.3) is 11.3 Å². The van der Waals surface area contributed by atoms with Gasteiger partial charge in [-0.1, -0.05) is 28.1 Å². The largest absolute Gasteiger partial charge is 0.240 e. The Hall–Kier alpha value is -0.760. The standard InChI is InChI=1S/C10H9BrN2O2S2/c11-8-3-1-7(2-4-8)9-5-16-10(13-9)6-17(12,14)15/h1-5H,6H2,(H2,12,14,15). The zero-order chi connectivity index (χ0) is 12.5. The molecule has 0 bridgehead atoms. The fraction of sp³-hybridized carbons (Fsp3) is 0.100. The highest BCUT2D eigenvalue weighted by atomic mass is 79.9. The summed E-state index contributed by atoms with van der Waals surface area (Å²) in [5, 5.41) is 7.30. The molecule has 1 aromatic heterocycles. The maximum Gasteiger partial charge on any atom is 0.215 e. The average molecular weight is 333 g/mol. The molecule has 2 rings (SSSR count). The molecular formula is C10H9BrN2O2S2. The van der Waals surface area contributed by atoms with E-state index in [1.807, 2.05) is 29.6 Å². The summed E-state index contributed by atoms with van der Waals surface area (Å²) in [5.74, 6) is -0.214. The second kappa shape index (κ2) is 4.85. The van der Waals surface area contributed by atoms with Gasteiger partial charge in [0.05, 0.1) is 5.69 Å². The Kier molecular flexibility index (Phi) is 3.62. The molecule has 0 aliphatic heterocycles. The summed E-state index contributed by atoms with van der Waals surface area (Å²) in [4.78, 5) is 4.24. The number of hydrogen-bond donors (Lipinski definition) is 1. The SMILES string of the molecule is NS(=O)(=O)Cc1nc(-c2ccc(Br)cc2)cs1. The van der Waals surface area contributed by atoms with Crippen molar-refractivity contribution in [2.24, 2.45) is 5.14 Å². The molecule has 1 aromatic carbocycles. The fourth-order valence-electron chi connectivity index (χ4n) is 1.30. The predicted molar refractivity (Wildman–Crippen MR) is 72.1 cm³/mol. The highest BCUT2D eigenvalue weighted by Gasteiger charge is 2.10. The number of nitrogens with two attached hydrogens (primary N) is 1. The van der Waals surface area contributed by atoms with Crippen molar-refractivity contribution in [2.75, 3.05) is 0 Å². The van der Waals surface area contributed by atoms with Crippen LogP contribution in [0, 0.1) is 0 Å². The number of nitrogens with zero attached hydrogens (tertiary/aromatic N) is 1. The van der Waals surface area contributed by atoms with Gasteiger partial charge in [-0.25, -0.2) is 18.5 Å². The van der Waals surface area contributed by atoms with Crippen molar-refractivity contribution >= 4 is 37.3 Å². The van der Waals surface area contributed by atoms with Gasteiger partial charge in [0.1, 0.15) is 10.8 Å². The molecule has 1 heterocycles. The quantitative estimate of drug-likeness (QED) is 0.937. The monoisotopic (exact) mass is 332 g/mol. The molecule has 0 fully saturated rings. The van der Waals surface area contributed by atoms with E-state index >= 15 is 0 Å². The van der Waals surface area contributed by atoms with Gasteiger partial charge in [-0.15, -0.1) is 11.3 Å². The van der Waals surface area contributed by atoms with Gasteiger partial charge in [0.25, 0.3) is 0 Å². The lowest BCUT2D eigenvalue weighted by molar-refractivity contribution is 0.597. The Labute approximate surface area is 112 Å². The summed E-state index contributed by atoms with van der Waals surface area (Å²) < 4.78 is 22.8. The number of sulfonamides is 1. The number of thiazole rings is 1. The molecule has 0 aliphatic rings. The first-order valence-corrected chi connectivity index (χ1v) is 8.04. The molecule has 2 aromatic rings. The van der Waals surface area contributed by atoms with E-state index in [1.54, 1.807) is 0 Å². The van der Waals surface area contributed by atoms with Crippen LogP contribution in [-0.2, 0) is 15.8 Å². The Balaban J connectivity index is 2.27. The average Bonchev–Trinajstić information content (AvgIpc) is 2.64. The first kappa shape index (κ1) is 12.7. The van der Waals surface area contributed by atoms with Crippen molar-refractivity contribution in [1.82, 2.24) is 4.98 Å². The number of hydrogen-bond acceptors (Lipinski definition) is 4. The molecule has 4 nitrogen and oxygen atoms in total. The van der Waals surface area contributed by atoms with E-state index in [4.69, 9.17) is 5.14 Å². The lowest BCUT2D eigenvalue weighted by Gasteiger charge is -1.96. The summed E-state index contributed by atoms with van der Waals surface area (Å²) >= 11 is 4.64. The molecule has 0 radical (unpaired) electrons. The summed E-state index contributed by atoms with van der Waals surface area (Å²) in [7, 11) is -3.51. The Bertz CT molecular complexity index is 620. The number of primary sulfonamides is 1. The van der Waals surface area contributed by atoms with Gasteiger partial charge in [-0.3, -0.25) is 0 Å². The van der Waals surface area contributed by atoms with Crippen molar-refractivity contribution in [1.29, 1.82) is 0 Å². The maximum atomic E-state index is 10.9. The fourth-order valence-corrected chi connectivity index (χ4v) is 3.33. The molecule has 0 saturated carbocycles. The number of halogens is 1. The van der Waals surface area contributed by atoms with Crippen LogP contribution < -0.4 is 5.14 Å². The van der Waals surface area contributed by atoms with Gasteiger partial charge in [-0.2, -0.15) is 0 Å². The van der Waals surface area contributed by atoms with Crippen LogP contribution >= 0.6 is 27.3 Å². The van der Waals surface area contributed by atoms with Crippen LogP contribution in [0.3, 0.4) is 0 Å². The summed E-state index contributed by atoms with van der Waals surface area (Å²) in [6.07, 6.45) is 0. The molecule has 0 amide bonds. The van der Waals surface area contributed by atoms with Crippen LogP contribution in [0.5, 0.6) is 0 Å². The number of rotatable bonds is 3. The van der Waals surface area contributed by atoms with Crippen LogP contribution in [-0.4, -0.2) is 13.4 Å². The highest BCUT2D eigenvalue weighted by Crippen LogP contribution is 2.24. The van der Waals surface area contributed by atoms with Crippen molar-refractivity contribution < 1.29 is 8.42 Å². The lowest BCUT2D eigenvalue weighted by atomic mass is 10.2. The van der Waals surface area contributed by atoms with E-state index < -0.39 is 10.0 Å². The van der Waals surface area contributed by atoms with Gasteiger partial charge in [0.15, 0.2) is 0 Å². The van der Waals surface area contributed by atoms with E-state index in [0.29, 0.717) is 5.01 Å². The Morgan fingerprint density at radius 1 is 1.29 bits per heavy atom. The number of aromatic nitrogens is 1. The minimum absolute atomic E-state index is 0.214. The molecule has 17 heavy (non-hydrogen) atoms. The maximum absolute atomic E-state index is 10.9. The minimum atomic E-state index is -3.51. The third-order valence-electron chi connectivity index (χ3n) is 2.02. The second-order valence-electron chi connectivity index (χ2n) is 3.44. The highest BCUT2D eigenvalue weighted by molar-refractivity contribution is 9.10. The second-order valence-corrected chi connectivity index (χ2v) is 6.91. The van der Waals surface area contributed by atoms with Crippen LogP contribution in [0.2, 0.25) is 0 Å². The summed E-state index contributed by atoms with van der Waals surface area (Å²) in [6, 6.07) is 7.65. The van der Waals surface area contributed by atoms with Gasteiger partial charge in [0, 0.05) is 15.4 Å². The van der Waals surface area contributed by atoms with Gasteiger partial charge >= 0.3 is 0 Å². The first-order valence-electron chi connectivity index (χ1n) is 4.65. The van der Waals surface area contributed by atoms with Gasteiger partial charge in [0.2, 0.25) is 10.0 Å². The molecular weight excluding hydrogens is 324 g/mol. The molecule has 2 N–H and O–H groups in total. The molecule has 0 atom stereocenters. The van der Waals surface area contributed by atoms with Gasteiger partial charge < -0.3 is 0 Å². The van der Waals surface area contributed by atoms with Crippen molar-refractivity contribution in [2.45, 2.75) is 5.75 Å². The Morgan fingerprint density at radius 3 is 2.53 bits per heavy atom. The number of benzene rings is 1. The van der Waals surface area contributed by atoms with Crippen molar-refractivity contribution in [3.8, 4) is 11.3 Å². The van der Waals surface area contributed by atoms with E-state index in [-0.39, 0.29) is 5.75 Å². The van der Waals surface area contributed by atoms with Crippen LogP contribution in [0.4, 0.5) is 0 Å². The third-order valence-corrected chi connectivity index (χ3v) is 4.25. The van der Waals surface area contributed by atoms with Crippen molar-refractivity contribution in [3.63, 3.8) is 0 Å². The van der Waals surface area contributed by atoms with Crippen LogP contribution in [0.1, 0.15) is 5.01 Å². The molecule has 0 aliphatic carbocycles. The first-order chi connectivity index (χ1) is 7.94. The lowest BCUT2D eigenvalue weighted by Crippen LogP contribution is -2.14. The normalized spacial score (nSPS) is 11.6. The van der Waals surface area contributed by atoms with Crippen molar-refractivity contribution in [3.05, 3.63) is 39.1 Å². The zero-order valence-electron chi connectivity index (χ0n) is 8.63. The smallest absolute Gasteiger partial charge is 0.215 e.